The predicted molar refractivity (Wildman–Crippen MR) is 103 cm³/mol. The first-order valence-corrected chi connectivity index (χ1v) is 8.99. The Bertz CT molecular complexity index is 864. The van der Waals surface area contributed by atoms with Crippen LogP contribution in [0.5, 0.6) is 0 Å². The van der Waals surface area contributed by atoms with Crippen LogP contribution in [-0.2, 0) is 14.3 Å². The van der Waals surface area contributed by atoms with E-state index in [4.69, 9.17) is 4.74 Å². The molecule has 1 fully saturated rings. The summed E-state index contributed by atoms with van der Waals surface area (Å²) in [5.74, 6) is -1.14. The molecule has 3 rings (SSSR count). The third-order valence-electron chi connectivity index (χ3n) is 5.16. The minimum atomic E-state index is -0.992. The van der Waals surface area contributed by atoms with Gasteiger partial charge in [-0.05, 0) is 69.9 Å². The van der Waals surface area contributed by atoms with Crippen LogP contribution in [0.1, 0.15) is 50.3 Å². The van der Waals surface area contributed by atoms with Crippen LogP contribution in [0.4, 0.5) is 0 Å². The van der Waals surface area contributed by atoms with Crippen molar-refractivity contribution in [3.63, 3.8) is 0 Å². The van der Waals surface area contributed by atoms with Gasteiger partial charge in [0, 0.05) is 0 Å². The second-order valence-electron chi connectivity index (χ2n) is 8.23. The van der Waals surface area contributed by atoms with E-state index < -0.39 is 17.1 Å². The number of ether oxygens (including phenoxy) is 1. The van der Waals surface area contributed by atoms with Gasteiger partial charge in [-0.25, -0.2) is 0 Å². The quantitative estimate of drug-likeness (QED) is 0.732. The lowest BCUT2D eigenvalue weighted by molar-refractivity contribution is -0.184. The van der Waals surface area contributed by atoms with Gasteiger partial charge in [0.1, 0.15) is 17.1 Å². The van der Waals surface area contributed by atoms with Crippen LogP contribution in [0.2, 0.25) is 0 Å². The fourth-order valence-electron chi connectivity index (χ4n) is 3.79. The molecule has 1 saturated heterocycles. The van der Waals surface area contributed by atoms with Crippen molar-refractivity contribution in [1.29, 1.82) is 0 Å². The van der Waals surface area contributed by atoms with E-state index in [1.165, 1.54) is 5.56 Å². The third-order valence-corrected chi connectivity index (χ3v) is 5.16. The molecule has 0 bridgehead atoms. The minimum Gasteiger partial charge on any atom is -0.354 e. The van der Waals surface area contributed by atoms with E-state index in [0.29, 0.717) is 0 Å². The molecule has 1 heterocycles. The zero-order chi connectivity index (χ0) is 19.3. The van der Waals surface area contributed by atoms with Crippen LogP contribution in [0.3, 0.4) is 0 Å². The average molecular weight is 350 g/mol. The summed E-state index contributed by atoms with van der Waals surface area (Å²) in [6.07, 6.45) is 0. The maximum atomic E-state index is 13.1. The molecular formula is C23H26O3. The Morgan fingerprint density at radius 3 is 1.96 bits per heavy atom. The van der Waals surface area contributed by atoms with E-state index in [9.17, 15) is 9.59 Å². The smallest absolute Gasteiger partial charge is 0.179 e. The first kappa shape index (κ1) is 18.5. The van der Waals surface area contributed by atoms with E-state index in [1.54, 1.807) is 27.7 Å². The largest absolute Gasteiger partial charge is 0.354 e. The highest BCUT2D eigenvalue weighted by molar-refractivity contribution is 6.15. The Kier molecular flexibility index (Phi) is 4.40. The number of rotatable bonds is 2. The summed E-state index contributed by atoms with van der Waals surface area (Å²) in [6.45, 7) is 11.0. The lowest BCUT2D eigenvalue weighted by atomic mass is 9.73. The van der Waals surface area contributed by atoms with Gasteiger partial charge in [-0.3, -0.25) is 9.59 Å². The van der Waals surface area contributed by atoms with Gasteiger partial charge in [-0.1, -0.05) is 42.0 Å². The fraction of sp³-hybridized carbons (Fsp3) is 0.391. The van der Waals surface area contributed by atoms with Gasteiger partial charge in [0.25, 0.3) is 0 Å². The first-order chi connectivity index (χ1) is 12.0. The molecule has 26 heavy (non-hydrogen) atoms. The van der Waals surface area contributed by atoms with Crippen LogP contribution in [-0.4, -0.2) is 22.8 Å². The predicted octanol–water partition coefficient (Wildman–Crippen LogP) is 4.78. The Balaban J connectivity index is 2.14. The highest BCUT2D eigenvalue weighted by atomic mass is 16.5. The normalized spacial score (nSPS) is 19.6. The van der Waals surface area contributed by atoms with E-state index >= 15 is 0 Å². The molecule has 2 aromatic rings. The minimum absolute atomic E-state index is 0.175. The van der Waals surface area contributed by atoms with Gasteiger partial charge < -0.3 is 4.74 Å². The van der Waals surface area contributed by atoms with Gasteiger partial charge in [0.2, 0.25) is 0 Å². The molecule has 0 aliphatic carbocycles. The lowest BCUT2D eigenvalue weighted by Crippen LogP contribution is -2.58. The molecule has 1 aliphatic rings. The number of hydrogen-bond donors (Lipinski definition) is 0. The topological polar surface area (TPSA) is 43.4 Å². The van der Waals surface area contributed by atoms with E-state index in [2.05, 4.69) is 19.1 Å². The average Bonchev–Trinajstić information content (AvgIpc) is 2.54. The summed E-state index contributed by atoms with van der Waals surface area (Å²) in [6, 6.07) is 14.2. The number of ketones is 2. The maximum absolute atomic E-state index is 13.1. The summed E-state index contributed by atoms with van der Waals surface area (Å²) < 4.78 is 5.81. The Labute approximate surface area is 155 Å². The number of carbonyl (C=O) groups is 2. The van der Waals surface area contributed by atoms with Crippen LogP contribution < -0.4 is 0 Å². The number of benzene rings is 2. The van der Waals surface area contributed by atoms with Gasteiger partial charge in [-0.15, -0.1) is 0 Å². The van der Waals surface area contributed by atoms with Crippen molar-refractivity contribution in [1.82, 2.24) is 0 Å². The summed E-state index contributed by atoms with van der Waals surface area (Å²) in [5, 5.41) is 0. The summed E-state index contributed by atoms with van der Waals surface area (Å²) in [5.41, 5.74) is 3.01. The SMILES string of the molecule is Cc1cccc(-c2ccc(C)c(C3C(=O)C(C)(C)OC(C)(C)C3=O)c2)c1. The molecule has 1 aliphatic heterocycles. The highest BCUT2D eigenvalue weighted by Gasteiger charge is 2.53. The Hall–Kier alpha value is -2.26. The van der Waals surface area contributed by atoms with Crippen molar-refractivity contribution < 1.29 is 14.3 Å². The Morgan fingerprint density at radius 2 is 1.38 bits per heavy atom. The van der Waals surface area contributed by atoms with Crippen molar-refractivity contribution >= 4 is 11.6 Å². The molecule has 0 radical (unpaired) electrons. The molecule has 0 spiro atoms. The summed E-state index contributed by atoms with van der Waals surface area (Å²) >= 11 is 0. The summed E-state index contributed by atoms with van der Waals surface area (Å²) in [7, 11) is 0. The van der Waals surface area contributed by atoms with Crippen LogP contribution in [0, 0.1) is 13.8 Å². The molecule has 0 atom stereocenters. The summed E-state index contributed by atoms with van der Waals surface area (Å²) in [4.78, 5) is 26.1. The van der Waals surface area contributed by atoms with E-state index in [0.717, 1.165) is 22.3 Å². The Morgan fingerprint density at radius 1 is 0.808 bits per heavy atom. The second-order valence-corrected chi connectivity index (χ2v) is 8.23. The molecule has 3 nitrogen and oxygen atoms in total. The number of hydrogen-bond acceptors (Lipinski definition) is 3. The second kappa shape index (κ2) is 6.17. The zero-order valence-electron chi connectivity index (χ0n) is 16.3. The monoisotopic (exact) mass is 350 g/mol. The number of Topliss-reactive ketones (excluding diaryl/α,β-unsaturated/α-hetero) is 2. The fourth-order valence-corrected chi connectivity index (χ4v) is 3.79. The van der Waals surface area contributed by atoms with Crippen LogP contribution >= 0.6 is 0 Å². The van der Waals surface area contributed by atoms with Gasteiger partial charge >= 0.3 is 0 Å². The molecular weight excluding hydrogens is 324 g/mol. The molecule has 136 valence electrons. The van der Waals surface area contributed by atoms with E-state index in [-0.39, 0.29) is 11.6 Å². The highest BCUT2D eigenvalue weighted by Crippen LogP contribution is 2.40. The maximum Gasteiger partial charge on any atom is 0.179 e. The van der Waals surface area contributed by atoms with Crippen molar-refractivity contribution in [2.24, 2.45) is 0 Å². The van der Waals surface area contributed by atoms with Gasteiger partial charge in [0.05, 0.1) is 0 Å². The molecule has 3 heteroatoms. The molecule has 0 unspecified atom stereocenters. The first-order valence-electron chi connectivity index (χ1n) is 8.99. The molecule has 0 aromatic heterocycles. The van der Waals surface area contributed by atoms with Crippen molar-refractivity contribution in [3.8, 4) is 11.1 Å². The number of aryl methyl sites for hydroxylation is 2. The van der Waals surface area contributed by atoms with Gasteiger partial charge in [-0.2, -0.15) is 0 Å². The van der Waals surface area contributed by atoms with Crippen molar-refractivity contribution in [3.05, 3.63) is 59.2 Å². The molecule has 2 aromatic carbocycles. The van der Waals surface area contributed by atoms with Crippen LogP contribution in [0.15, 0.2) is 42.5 Å². The van der Waals surface area contributed by atoms with E-state index in [1.807, 2.05) is 37.3 Å². The molecule has 0 saturated carbocycles. The number of carbonyl (C=O) groups excluding carboxylic acids is 2. The third kappa shape index (κ3) is 3.12. The van der Waals surface area contributed by atoms with Crippen molar-refractivity contribution in [2.45, 2.75) is 58.7 Å². The van der Waals surface area contributed by atoms with Crippen LogP contribution in [0.25, 0.3) is 11.1 Å². The molecule has 0 amide bonds. The van der Waals surface area contributed by atoms with Gasteiger partial charge in [0.15, 0.2) is 11.6 Å². The lowest BCUT2D eigenvalue weighted by Gasteiger charge is -2.43. The molecule has 0 N–H and O–H groups in total. The zero-order valence-corrected chi connectivity index (χ0v) is 16.3. The standard InChI is InChI=1S/C23H26O3/c1-14-8-7-9-16(12-14)17-11-10-15(2)18(13-17)19-20(24)22(3,4)26-23(5,6)21(19)25/h7-13,19H,1-6H3. The van der Waals surface area contributed by atoms with Crippen molar-refractivity contribution in [2.75, 3.05) is 0 Å².